The van der Waals surface area contributed by atoms with Crippen LogP contribution < -0.4 is 9.47 Å². The standard InChI is InChI=1S/C32H34BrCl2NO5/c1-3-40-28-16-20(15-22(33)32(28)41-18-19-11-12-21(34)17-23(19)35)29-30-24(7-4-9-26(30)37)36(13-6-14-39-2)25-8-5-10-27(38)31(25)29/h11-12,15-17,29H,3-10,13-14,18H2,1-2H3. The van der Waals surface area contributed by atoms with Gasteiger partial charge in [-0.25, -0.2) is 0 Å². The fourth-order valence-corrected chi connectivity index (χ4v) is 7.17. The van der Waals surface area contributed by atoms with Crippen LogP contribution in [-0.2, 0) is 20.9 Å². The molecule has 41 heavy (non-hydrogen) atoms. The number of ether oxygens (including phenoxy) is 3. The van der Waals surface area contributed by atoms with Crippen LogP contribution in [0, 0.1) is 0 Å². The normalized spacial score (nSPS) is 17.6. The number of hydrogen-bond acceptors (Lipinski definition) is 6. The summed E-state index contributed by atoms with van der Waals surface area (Å²) in [4.78, 5) is 29.5. The number of rotatable bonds is 10. The molecular weight excluding hydrogens is 629 g/mol. The maximum Gasteiger partial charge on any atom is 0.175 e. The molecule has 1 heterocycles. The molecule has 0 N–H and O–H groups in total. The first-order valence-electron chi connectivity index (χ1n) is 14.2. The summed E-state index contributed by atoms with van der Waals surface area (Å²) in [7, 11) is 1.70. The van der Waals surface area contributed by atoms with Gasteiger partial charge in [-0.3, -0.25) is 9.59 Å². The summed E-state index contributed by atoms with van der Waals surface area (Å²) in [6.07, 6.45) is 5.06. The van der Waals surface area contributed by atoms with Gasteiger partial charge >= 0.3 is 0 Å². The van der Waals surface area contributed by atoms with E-state index in [0.717, 1.165) is 72.3 Å². The van der Waals surface area contributed by atoms with Gasteiger partial charge in [0.15, 0.2) is 23.1 Å². The Labute approximate surface area is 259 Å². The highest BCUT2D eigenvalue weighted by atomic mass is 79.9. The first kappa shape index (κ1) is 30.1. The highest BCUT2D eigenvalue weighted by Gasteiger charge is 2.43. The van der Waals surface area contributed by atoms with Gasteiger partial charge in [-0.15, -0.1) is 0 Å². The molecule has 1 aliphatic heterocycles. The Balaban J connectivity index is 1.58. The van der Waals surface area contributed by atoms with E-state index in [1.165, 1.54) is 0 Å². The first-order chi connectivity index (χ1) is 19.8. The van der Waals surface area contributed by atoms with Gasteiger partial charge in [0.1, 0.15) is 6.61 Å². The van der Waals surface area contributed by atoms with Gasteiger partial charge in [-0.05, 0) is 84.8 Å². The molecule has 0 radical (unpaired) electrons. The molecule has 9 heteroatoms. The van der Waals surface area contributed by atoms with Crippen LogP contribution in [0.1, 0.15) is 68.9 Å². The van der Waals surface area contributed by atoms with Gasteiger partial charge in [-0.1, -0.05) is 29.3 Å². The van der Waals surface area contributed by atoms with Crippen molar-refractivity contribution in [3.8, 4) is 11.5 Å². The number of ketones is 2. The van der Waals surface area contributed by atoms with Crippen LogP contribution in [0.4, 0.5) is 0 Å². The van der Waals surface area contributed by atoms with Crippen molar-refractivity contribution in [1.82, 2.24) is 4.90 Å². The number of methoxy groups -OCH3 is 1. The number of halogens is 3. The molecule has 0 unspecified atom stereocenters. The Morgan fingerprint density at radius 2 is 1.63 bits per heavy atom. The highest BCUT2D eigenvalue weighted by Crippen LogP contribution is 2.51. The zero-order valence-electron chi connectivity index (χ0n) is 23.4. The van der Waals surface area contributed by atoms with Gasteiger partial charge in [0.05, 0.1) is 11.1 Å². The number of hydrogen-bond donors (Lipinski definition) is 0. The average molecular weight is 663 g/mol. The third kappa shape index (κ3) is 6.24. The van der Waals surface area contributed by atoms with E-state index in [1.807, 2.05) is 25.1 Å². The monoisotopic (exact) mass is 661 g/mol. The second kappa shape index (κ2) is 13.3. The molecule has 6 nitrogen and oxygen atoms in total. The van der Waals surface area contributed by atoms with Crippen LogP contribution >= 0.6 is 39.1 Å². The van der Waals surface area contributed by atoms with E-state index in [0.29, 0.717) is 52.1 Å². The summed E-state index contributed by atoms with van der Waals surface area (Å²) in [6.45, 7) is 3.91. The van der Waals surface area contributed by atoms with E-state index < -0.39 is 5.92 Å². The second-order valence-electron chi connectivity index (χ2n) is 10.5. The van der Waals surface area contributed by atoms with Gasteiger partial charge in [-0.2, -0.15) is 0 Å². The summed E-state index contributed by atoms with van der Waals surface area (Å²) in [6, 6.07) is 9.18. The maximum atomic E-state index is 13.6. The van der Waals surface area contributed by atoms with E-state index in [1.54, 1.807) is 19.2 Å². The lowest BCUT2D eigenvalue weighted by Gasteiger charge is -2.44. The lowest BCUT2D eigenvalue weighted by Crippen LogP contribution is -2.39. The van der Waals surface area contributed by atoms with Crippen molar-refractivity contribution in [2.75, 3.05) is 26.9 Å². The summed E-state index contributed by atoms with van der Waals surface area (Å²) >= 11 is 16.2. The molecule has 0 saturated carbocycles. The topological polar surface area (TPSA) is 65.1 Å². The number of benzene rings is 2. The smallest absolute Gasteiger partial charge is 0.175 e. The Morgan fingerprint density at radius 3 is 2.24 bits per heavy atom. The second-order valence-corrected chi connectivity index (χ2v) is 12.2. The molecule has 2 aromatic rings. The molecular formula is C32H34BrCl2NO5. The molecule has 2 aromatic carbocycles. The van der Waals surface area contributed by atoms with Crippen LogP contribution in [0.15, 0.2) is 57.3 Å². The van der Waals surface area contributed by atoms with Gasteiger partial charge in [0.2, 0.25) is 0 Å². The predicted molar refractivity (Wildman–Crippen MR) is 164 cm³/mol. The van der Waals surface area contributed by atoms with Crippen molar-refractivity contribution in [3.05, 3.63) is 78.5 Å². The van der Waals surface area contributed by atoms with Crippen LogP contribution in [0.2, 0.25) is 10.0 Å². The fraction of sp³-hybridized carbons (Fsp3) is 0.438. The van der Waals surface area contributed by atoms with Gasteiger partial charge < -0.3 is 19.1 Å². The first-order valence-corrected chi connectivity index (χ1v) is 15.7. The predicted octanol–water partition coefficient (Wildman–Crippen LogP) is 8.18. The highest BCUT2D eigenvalue weighted by molar-refractivity contribution is 9.10. The lowest BCUT2D eigenvalue weighted by atomic mass is 9.71. The number of allylic oxidation sites excluding steroid dienone is 4. The van der Waals surface area contributed by atoms with Crippen molar-refractivity contribution in [3.63, 3.8) is 0 Å². The van der Waals surface area contributed by atoms with Crippen LogP contribution in [-0.4, -0.2) is 43.3 Å². The Hall–Kier alpha value is -2.32. The van der Waals surface area contributed by atoms with Crippen molar-refractivity contribution in [2.24, 2.45) is 0 Å². The SMILES string of the molecule is CCOc1cc(C2C3=C(CCCC3=O)N(CCCOC)C3=C2C(=O)CCC3)cc(Br)c1OCc1ccc(Cl)cc1Cl. The largest absolute Gasteiger partial charge is 0.490 e. The Morgan fingerprint density at radius 1 is 0.951 bits per heavy atom. The lowest BCUT2D eigenvalue weighted by molar-refractivity contribution is -0.117. The minimum atomic E-state index is -0.436. The summed E-state index contributed by atoms with van der Waals surface area (Å²) in [5.74, 6) is 0.871. The molecule has 0 atom stereocenters. The number of carbonyl (C=O) groups excluding carboxylic acids is 2. The molecule has 3 aliphatic rings. The van der Waals surface area contributed by atoms with Crippen molar-refractivity contribution in [1.29, 1.82) is 0 Å². The van der Waals surface area contributed by atoms with Crippen molar-refractivity contribution < 1.29 is 23.8 Å². The Kier molecular flexibility index (Phi) is 9.80. The van der Waals surface area contributed by atoms with Gasteiger partial charge in [0.25, 0.3) is 0 Å². The molecule has 5 rings (SSSR count). The molecule has 0 aromatic heterocycles. The molecule has 0 spiro atoms. The number of nitrogens with zero attached hydrogens (tertiary/aromatic N) is 1. The molecule has 218 valence electrons. The third-order valence-electron chi connectivity index (χ3n) is 7.87. The van der Waals surface area contributed by atoms with Crippen molar-refractivity contribution in [2.45, 2.75) is 64.4 Å². The van der Waals surface area contributed by atoms with Crippen LogP contribution in [0.25, 0.3) is 0 Å². The van der Waals surface area contributed by atoms with E-state index in [4.69, 9.17) is 37.4 Å². The average Bonchev–Trinajstić information content (AvgIpc) is 2.94. The summed E-state index contributed by atoms with van der Waals surface area (Å²) in [5, 5.41) is 1.08. The van der Waals surface area contributed by atoms with Gasteiger partial charge in [0, 0.05) is 77.2 Å². The molecule has 0 bridgehead atoms. The third-order valence-corrected chi connectivity index (χ3v) is 9.04. The molecule has 0 fully saturated rings. The maximum absolute atomic E-state index is 13.6. The zero-order valence-corrected chi connectivity index (χ0v) is 26.5. The van der Waals surface area contributed by atoms with Crippen LogP contribution in [0.5, 0.6) is 11.5 Å². The molecule has 0 amide bonds. The minimum Gasteiger partial charge on any atom is -0.490 e. The number of Topliss-reactive ketones (excluding diaryl/α,β-unsaturated/α-hetero) is 2. The van der Waals surface area contributed by atoms with Crippen molar-refractivity contribution >= 4 is 50.7 Å². The number of carbonyl (C=O) groups is 2. The minimum absolute atomic E-state index is 0.115. The Bertz CT molecular complexity index is 1380. The molecule has 2 aliphatic carbocycles. The van der Waals surface area contributed by atoms with E-state index >= 15 is 0 Å². The fourth-order valence-electron chi connectivity index (χ4n) is 6.13. The molecule has 0 saturated heterocycles. The van der Waals surface area contributed by atoms with E-state index in [9.17, 15) is 9.59 Å². The summed E-state index contributed by atoms with van der Waals surface area (Å²) < 4.78 is 18.3. The van der Waals surface area contributed by atoms with E-state index in [2.05, 4.69) is 20.8 Å². The zero-order chi connectivity index (χ0) is 29.1. The van der Waals surface area contributed by atoms with E-state index in [-0.39, 0.29) is 18.2 Å². The van der Waals surface area contributed by atoms with Crippen LogP contribution in [0.3, 0.4) is 0 Å². The quantitative estimate of drug-likeness (QED) is 0.239. The summed E-state index contributed by atoms with van der Waals surface area (Å²) in [5.41, 5.74) is 5.25.